The van der Waals surface area contributed by atoms with Gasteiger partial charge in [-0.05, 0) is 18.8 Å². The summed E-state index contributed by atoms with van der Waals surface area (Å²) >= 11 is 0. The van der Waals surface area contributed by atoms with Crippen LogP contribution in [0.4, 0.5) is 0 Å². The summed E-state index contributed by atoms with van der Waals surface area (Å²) < 4.78 is 5.21. The molecule has 14 heavy (non-hydrogen) atoms. The van der Waals surface area contributed by atoms with E-state index in [-0.39, 0.29) is 5.92 Å². The molecule has 0 spiro atoms. The second-order valence-electron chi connectivity index (χ2n) is 4.11. The molecule has 1 heterocycles. The van der Waals surface area contributed by atoms with E-state index in [1.54, 1.807) is 0 Å². The van der Waals surface area contributed by atoms with Gasteiger partial charge in [0, 0.05) is 19.3 Å². The molecular weight excluding hydrogens is 182 g/mol. The number of hydrogen-bond acceptors (Lipinski definition) is 3. The topological polar surface area (TPSA) is 58.6 Å². The molecule has 0 saturated carbocycles. The number of nitrogens with one attached hydrogen (secondary N) is 1. The first-order valence-corrected chi connectivity index (χ1v) is 5.18. The third-order valence-electron chi connectivity index (χ3n) is 2.57. The average Bonchev–Trinajstić information content (AvgIpc) is 2.15. The maximum absolute atomic E-state index is 10.9. The number of hydrogen-bond donors (Lipinski definition) is 2. The Bertz CT molecular complexity index is 188. The van der Waals surface area contributed by atoms with Crippen molar-refractivity contribution < 1.29 is 14.6 Å². The molecule has 0 radical (unpaired) electrons. The summed E-state index contributed by atoms with van der Waals surface area (Å²) in [6.07, 6.45) is 1.83. The molecule has 0 bridgehead atoms. The summed E-state index contributed by atoms with van der Waals surface area (Å²) in [6, 6.07) is -0.134. The van der Waals surface area contributed by atoms with Crippen molar-refractivity contribution in [2.24, 2.45) is 5.92 Å². The van der Waals surface area contributed by atoms with Crippen molar-refractivity contribution in [2.45, 2.75) is 38.8 Å². The highest BCUT2D eigenvalue weighted by Crippen LogP contribution is 2.10. The van der Waals surface area contributed by atoms with Gasteiger partial charge in [-0.15, -0.1) is 0 Å². The van der Waals surface area contributed by atoms with Crippen LogP contribution >= 0.6 is 0 Å². The van der Waals surface area contributed by atoms with E-state index in [0.717, 1.165) is 26.1 Å². The van der Waals surface area contributed by atoms with E-state index in [9.17, 15) is 4.79 Å². The number of rotatable bonds is 4. The molecule has 1 saturated heterocycles. The van der Waals surface area contributed by atoms with E-state index in [4.69, 9.17) is 9.84 Å². The fraction of sp³-hybridized carbons (Fsp3) is 0.900. The van der Waals surface area contributed by atoms with Gasteiger partial charge < -0.3 is 15.2 Å². The van der Waals surface area contributed by atoms with Crippen molar-refractivity contribution in [2.75, 3.05) is 13.2 Å². The minimum atomic E-state index is -0.758. The average molecular weight is 201 g/mol. The van der Waals surface area contributed by atoms with E-state index >= 15 is 0 Å². The second-order valence-corrected chi connectivity index (χ2v) is 4.11. The Hall–Kier alpha value is -0.610. The zero-order valence-corrected chi connectivity index (χ0v) is 8.82. The lowest BCUT2D eigenvalue weighted by molar-refractivity contribution is -0.141. The van der Waals surface area contributed by atoms with Gasteiger partial charge in [0.2, 0.25) is 0 Å². The maximum atomic E-state index is 10.9. The predicted molar refractivity (Wildman–Crippen MR) is 53.2 cm³/mol. The summed E-state index contributed by atoms with van der Waals surface area (Å²) in [4.78, 5) is 10.9. The molecule has 1 atom stereocenters. The molecule has 1 fully saturated rings. The molecular formula is C10H19NO3. The molecule has 0 unspecified atom stereocenters. The lowest BCUT2D eigenvalue weighted by Crippen LogP contribution is -2.48. The van der Waals surface area contributed by atoms with E-state index < -0.39 is 12.0 Å². The first-order chi connectivity index (χ1) is 6.61. The molecule has 1 rings (SSSR count). The molecule has 4 heteroatoms. The maximum Gasteiger partial charge on any atom is 0.320 e. The summed E-state index contributed by atoms with van der Waals surface area (Å²) in [5.74, 6) is -0.637. The first-order valence-electron chi connectivity index (χ1n) is 5.18. The van der Waals surface area contributed by atoms with Crippen LogP contribution in [0.1, 0.15) is 26.7 Å². The third-order valence-corrected chi connectivity index (χ3v) is 2.57. The number of aliphatic carboxylic acids is 1. The Balaban J connectivity index is 2.41. The third kappa shape index (κ3) is 3.27. The Morgan fingerprint density at radius 1 is 1.43 bits per heavy atom. The van der Waals surface area contributed by atoms with E-state index in [1.807, 2.05) is 13.8 Å². The van der Waals surface area contributed by atoms with Crippen molar-refractivity contribution in [3.8, 4) is 0 Å². The Labute approximate surface area is 84.6 Å². The zero-order valence-electron chi connectivity index (χ0n) is 8.82. The molecule has 2 N–H and O–H groups in total. The van der Waals surface area contributed by atoms with Gasteiger partial charge in [0.15, 0.2) is 0 Å². The zero-order chi connectivity index (χ0) is 10.6. The van der Waals surface area contributed by atoms with Gasteiger partial charge in [0.1, 0.15) is 6.04 Å². The van der Waals surface area contributed by atoms with E-state index in [1.165, 1.54) is 0 Å². The summed E-state index contributed by atoms with van der Waals surface area (Å²) in [5.41, 5.74) is 0. The minimum Gasteiger partial charge on any atom is -0.480 e. The SMILES string of the molecule is CC(C)[C@@H](NC1CCOCC1)C(=O)O. The Morgan fingerprint density at radius 3 is 2.43 bits per heavy atom. The molecule has 0 aliphatic carbocycles. The van der Waals surface area contributed by atoms with Crippen LogP contribution in [0.25, 0.3) is 0 Å². The van der Waals surface area contributed by atoms with Crippen LogP contribution in [0.5, 0.6) is 0 Å². The standard InChI is InChI=1S/C10H19NO3/c1-7(2)9(10(12)13)11-8-3-5-14-6-4-8/h7-9,11H,3-6H2,1-2H3,(H,12,13)/t9-/m1/s1. The molecule has 1 aliphatic rings. The largest absolute Gasteiger partial charge is 0.480 e. The van der Waals surface area contributed by atoms with Gasteiger partial charge in [-0.2, -0.15) is 0 Å². The van der Waals surface area contributed by atoms with Crippen LogP contribution in [0, 0.1) is 5.92 Å². The normalized spacial score (nSPS) is 21.1. The Morgan fingerprint density at radius 2 is 2.00 bits per heavy atom. The lowest BCUT2D eigenvalue weighted by atomic mass is 10.0. The summed E-state index contributed by atoms with van der Waals surface area (Å²) in [7, 11) is 0. The monoisotopic (exact) mass is 201 g/mol. The van der Waals surface area contributed by atoms with Gasteiger partial charge in [0.25, 0.3) is 0 Å². The van der Waals surface area contributed by atoms with Gasteiger partial charge in [-0.1, -0.05) is 13.8 Å². The molecule has 0 aromatic heterocycles. The molecule has 1 aliphatic heterocycles. The van der Waals surface area contributed by atoms with Crippen molar-refractivity contribution in [1.82, 2.24) is 5.32 Å². The number of carboxylic acid groups (broad SMARTS) is 1. The molecule has 0 aromatic rings. The summed E-state index contributed by atoms with van der Waals surface area (Å²) in [5, 5.41) is 12.2. The van der Waals surface area contributed by atoms with Crippen molar-refractivity contribution in [3.63, 3.8) is 0 Å². The number of carbonyl (C=O) groups is 1. The number of carboxylic acids is 1. The van der Waals surface area contributed by atoms with Crippen molar-refractivity contribution in [3.05, 3.63) is 0 Å². The van der Waals surface area contributed by atoms with Gasteiger partial charge in [-0.3, -0.25) is 4.79 Å². The van der Waals surface area contributed by atoms with Crippen LogP contribution < -0.4 is 5.32 Å². The van der Waals surface area contributed by atoms with Gasteiger partial charge in [0.05, 0.1) is 0 Å². The molecule has 0 aromatic carbocycles. The fourth-order valence-corrected chi connectivity index (χ4v) is 1.67. The predicted octanol–water partition coefficient (Wildman–Crippen LogP) is 0.864. The van der Waals surface area contributed by atoms with Crippen molar-refractivity contribution >= 4 is 5.97 Å². The quantitative estimate of drug-likeness (QED) is 0.708. The highest BCUT2D eigenvalue weighted by Gasteiger charge is 2.25. The number of ether oxygens (including phenoxy) is 1. The van der Waals surface area contributed by atoms with Gasteiger partial charge in [-0.25, -0.2) is 0 Å². The van der Waals surface area contributed by atoms with Gasteiger partial charge >= 0.3 is 5.97 Å². The minimum absolute atomic E-state index is 0.121. The fourth-order valence-electron chi connectivity index (χ4n) is 1.67. The van der Waals surface area contributed by atoms with E-state index in [0.29, 0.717) is 6.04 Å². The Kier molecular flexibility index (Phi) is 4.35. The molecule has 4 nitrogen and oxygen atoms in total. The van der Waals surface area contributed by atoms with Crippen LogP contribution in [0.15, 0.2) is 0 Å². The summed E-state index contributed by atoms with van der Waals surface area (Å²) in [6.45, 7) is 5.32. The second kappa shape index (κ2) is 5.32. The molecule has 0 amide bonds. The lowest BCUT2D eigenvalue weighted by Gasteiger charge is -2.28. The molecule has 82 valence electrons. The highest BCUT2D eigenvalue weighted by atomic mass is 16.5. The smallest absolute Gasteiger partial charge is 0.320 e. The van der Waals surface area contributed by atoms with Crippen LogP contribution in [-0.2, 0) is 9.53 Å². The highest BCUT2D eigenvalue weighted by molar-refractivity contribution is 5.73. The first kappa shape index (κ1) is 11.5. The van der Waals surface area contributed by atoms with Crippen LogP contribution in [-0.4, -0.2) is 36.4 Å². The van der Waals surface area contributed by atoms with Crippen molar-refractivity contribution in [1.29, 1.82) is 0 Å². The van der Waals surface area contributed by atoms with Crippen LogP contribution in [0.2, 0.25) is 0 Å². The van der Waals surface area contributed by atoms with E-state index in [2.05, 4.69) is 5.32 Å². The van der Waals surface area contributed by atoms with Crippen LogP contribution in [0.3, 0.4) is 0 Å².